The van der Waals surface area contributed by atoms with Crippen LogP contribution in [0.25, 0.3) is 0 Å². The Hall–Kier alpha value is -0.460. The van der Waals surface area contributed by atoms with Crippen LogP contribution in [-0.4, -0.2) is 10.1 Å². The number of aliphatic hydroxyl groups excluding tert-OH is 1. The third kappa shape index (κ3) is 2.86. The Morgan fingerprint density at radius 2 is 2.06 bits per heavy atom. The first-order chi connectivity index (χ1) is 8.09. The first kappa shape index (κ1) is 13.0. The minimum Gasteiger partial charge on any atom is -0.384 e. The number of pyridine rings is 1. The van der Waals surface area contributed by atoms with Gasteiger partial charge in [-0.15, -0.1) is 0 Å². The minimum absolute atomic E-state index is 0.646. The van der Waals surface area contributed by atoms with Crippen molar-refractivity contribution in [1.29, 1.82) is 0 Å². The molecule has 1 aromatic carbocycles. The molecule has 1 atom stereocenters. The number of hydrogen-bond acceptors (Lipinski definition) is 2. The lowest BCUT2D eigenvalue weighted by atomic mass is 10.00. The Labute approximate surface area is 122 Å². The molecule has 17 heavy (non-hydrogen) atoms. The molecular weight excluding hydrogens is 393 g/mol. The number of nitrogens with zero attached hydrogens (tertiary/aromatic N) is 1. The van der Waals surface area contributed by atoms with Crippen molar-refractivity contribution in [2.45, 2.75) is 13.0 Å². The van der Waals surface area contributed by atoms with Crippen molar-refractivity contribution in [3.8, 4) is 0 Å². The van der Waals surface area contributed by atoms with Gasteiger partial charge in [-0.3, -0.25) is 4.98 Å². The van der Waals surface area contributed by atoms with E-state index in [2.05, 4.69) is 43.5 Å². The summed E-state index contributed by atoms with van der Waals surface area (Å²) >= 11 is 5.71. The first-order valence-corrected chi connectivity index (χ1v) is 7.00. The van der Waals surface area contributed by atoms with Crippen molar-refractivity contribution in [3.05, 3.63) is 61.4 Å². The maximum atomic E-state index is 10.4. The normalized spacial score (nSPS) is 12.5. The van der Waals surface area contributed by atoms with Crippen molar-refractivity contribution in [1.82, 2.24) is 4.98 Å². The Morgan fingerprint density at radius 1 is 1.29 bits per heavy atom. The fraction of sp³-hybridized carbons (Fsp3) is 0.154. The lowest BCUT2D eigenvalue weighted by Crippen LogP contribution is -2.03. The summed E-state index contributed by atoms with van der Waals surface area (Å²) in [7, 11) is 0. The molecule has 2 aromatic rings. The quantitative estimate of drug-likeness (QED) is 0.773. The number of aryl methyl sites for hydroxylation is 1. The van der Waals surface area contributed by atoms with Gasteiger partial charge in [-0.2, -0.15) is 0 Å². The van der Waals surface area contributed by atoms with Crippen molar-refractivity contribution < 1.29 is 5.11 Å². The molecule has 2 nitrogen and oxygen atoms in total. The number of halogens is 2. The molecule has 2 rings (SSSR count). The zero-order valence-electron chi connectivity index (χ0n) is 9.19. The molecule has 0 amide bonds. The zero-order valence-corrected chi connectivity index (χ0v) is 12.9. The highest BCUT2D eigenvalue weighted by Gasteiger charge is 2.16. The van der Waals surface area contributed by atoms with E-state index in [1.165, 1.54) is 0 Å². The fourth-order valence-corrected chi connectivity index (χ4v) is 2.63. The summed E-state index contributed by atoms with van der Waals surface area (Å²) in [6, 6.07) is 7.82. The van der Waals surface area contributed by atoms with E-state index in [9.17, 15) is 5.11 Å². The lowest BCUT2D eigenvalue weighted by molar-refractivity contribution is 0.218. The molecule has 0 aliphatic carbocycles. The highest BCUT2D eigenvalue weighted by molar-refractivity contribution is 14.1. The Kier molecular flexibility index (Phi) is 4.17. The van der Waals surface area contributed by atoms with Gasteiger partial charge in [-0.25, -0.2) is 0 Å². The SMILES string of the molecule is Cc1ccncc1C(O)c1cc(I)ccc1Br. The molecule has 88 valence electrons. The van der Waals surface area contributed by atoms with E-state index >= 15 is 0 Å². The Morgan fingerprint density at radius 3 is 2.76 bits per heavy atom. The van der Waals surface area contributed by atoms with Gasteiger partial charge in [-0.1, -0.05) is 15.9 Å². The van der Waals surface area contributed by atoms with Crippen LogP contribution in [0.5, 0.6) is 0 Å². The van der Waals surface area contributed by atoms with Crippen LogP contribution in [0.1, 0.15) is 22.8 Å². The van der Waals surface area contributed by atoms with Crippen LogP contribution in [0.15, 0.2) is 41.1 Å². The second kappa shape index (κ2) is 5.46. The van der Waals surface area contributed by atoms with Crippen molar-refractivity contribution in [3.63, 3.8) is 0 Å². The van der Waals surface area contributed by atoms with Gasteiger partial charge in [0.15, 0.2) is 0 Å². The van der Waals surface area contributed by atoms with Gasteiger partial charge in [0.1, 0.15) is 6.10 Å². The predicted octanol–water partition coefficient (Wildman–Crippen LogP) is 3.84. The molecule has 0 fully saturated rings. The van der Waals surface area contributed by atoms with E-state index in [1.807, 2.05) is 31.2 Å². The van der Waals surface area contributed by atoms with E-state index < -0.39 is 6.10 Å². The molecule has 0 radical (unpaired) electrons. The van der Waals surface area contributed by atoms with Gasteiger partial charge in [-0.05, 0) is 59.3 Å². The number of aromatic nitrogens is 1. The van der Waals surface area contributed by atoms with Gasteiger partial charge < -0.3 is 5.11 Å². The third-order valence-electron chi connectivity index (χ3n) is 2.63. The summed E-state index contributed by atoms with van der Waals surface area (Å²) in [5.74, 6) is 0. The standard InChI is InChI=1S/C13H11BrINO/c1-8-4-5-16-7-11(8)13(17)10-6-9(15)2-3-12(10)14/h2-7,13,17H,1H3. The number of hydrogen-bond donors (Lipinski definition) is 1. The second-order valence-corrected chi connectivity index (χ2v) is 5.90. The smallest absolute Gasteiger partial charge is 0.107 e. The largest absolute Gasteiger partial charge is 0.384 e. The highest BCUT2D eigenvalue weighted by Crippen LogP contribution is 2.30. The third-order valence-corrected chi connectivity index (χ3v) is 4.02. The van der Waals surface area contributed by atoms with Gasteiger partial charge in [0, 0.05) is 31.6 Å². The summed E-state index contributed by atoms with van der Waals surface area (Å²) in [5.41, 5.74) is 2.75. The first-order valence-electron chi connectivity index (χ1n) is 5.13. The molecule has 1 heterocycles. The molecule has 1 aromatic heterocycles. The van der Waals surface area contributed by atoms with Crippen molar-refractivity contribution in [2.24, 2.45) is 0 Å². The number of benzene rings is 1. The van der Waals surface area contributed by atoms with Crippen LogP contribution in [0, 0.1) is 10.5 Å². The van der Waals surface area contributed by atoms with E-state index in [-0.39, 0.29) is 0 Å². The molecule has 0 aliphatic heterocycles. The molecule has 1 N–H and O–H groups in total. The maximum Gasteiger partial charge on any atom is 0.107 e. The summed E-state index contributed by atoms with van der Waals surface area (Å²) in [6.45, 7) is 1.97. The van der Waals surface area contributed by atoms with E-state index in [1.54, 1.807) is 12.4 Å². The van der Waals surface area contributed by atoms with Crippen LogP contribution in [0.3, 0.4) is 0 Å². The summed E-state index contributed by atoms with van der Waals surface area (Å²) in [6.07, 6.45) is 2.80. The topological polar surface area (TPSA) is 33.1 Å². The molecule has 1 unspecified atom stereocenters. The highest BCUT2D eigenvalue weighted by atomic mass is 127. The predicted molar refractivity (Wildman–Crippen MR) is 79.9 cm³/mol. The fourth-order valence-electron chi connectivity index (χ4n) is 1.65. The van der Waals surface area contributed by atoms with Crippen LogP contribution >= 0.6 is 38.5 Å². The van der Waals surface area contributed by atoms with Gasteiger partial charge in [0.05, 0.1) is 0 Å². The Bertz CT molecular complexity index is 545. The monoisotopic (exact) mass is 403 g/mol. The maximum absolute atomic E-state index is 10.4. The second-order valence-electron chi connectivity index (χ2n) is 3.80. The average Bonchev–Trinajstić information content (AvgIpc) is 2.32. The van der Waals surface area contributed by atoms with Crippen LogP contribution in [0.2, 0.25) is 0 Å². The van der Waals surface area contributed by atoms with Gasteiger partial charge in [0.2, 0.25) is 0 Å². The zero-order chi connectivity index (χ0) is 12.4. The van der Waals surface area contributed by atoms with Crippen molar-refractivity contribution in [2.75, 3.05) is 0 Å². The molecule has 0 aliphatic rings. The molecule has 0 spiro atoms. The number of rotatable bonds is 2. The van der Waals surface area contributed by atoms with Crippen molar-refractivity contribution >= 4 is 38.5 Å². The molecule has 4 heteroatoms. The molecular formula is C13H11BrINO. The van der Waals surface area contributed by atoms with Gasteiger partial charge >= 0.3 is 0 Å². The Balaban J connectivity index is 2.47. The van der Waals surface area contributed by atoms with Crippen LogP contribution in [0.4, 0.5) is 0 Å². The number of aliphatic hydroxyl groups is 1. The van der Waals surface area contributed by atoms with Gasteiger partial charge in [0.25, 0.3) is 0 Å². The van der Waals surface area contributed by atoms with E-state index in [0.29, 0.717) is 0 Å². The van der Waals surface area contributed by atoms with Crippen LogP contribution < -0.4 is 0 Å². The summed E-state index contributed by atoms with van der Waals surface area (Å²) < 4.78 is 2.01. The minimum atomic E-state index is -0.646. The molecule has 0 bridgehead atoms. The molecule has 0 saturated carbocycles. The molecule has 0 saturated heterocycles. The lowest BCUT2D eigenvalue weighted by Gasteiger charge is -2.15. The average molecular weight is 404 g/mol. The van der Waals surface area contributed by atoms with E-state index in [0.717, 1.165) is 24.7 Å². The van der Waals surface area contributed by atoms with Crippen LogP contribution in [-0.2, 0) is 0 Å². The van der Waals surface area contributed by atoms with E-state index in [4.69, 9.17) is 0 Å². The summed E-state index contributed by atoms with van der Waals surface area (Å²) in [5, 5.41) is 10.4. The summed E-state index contributed by atoms with van der Waals surface area (Å²) in [4.78, 5) is 4.07.